The van der Waals surface area contributed by atoms with E-state index in [1.165, 1.54) is 24.1 Å². The number of nitrogens with two attached hydrogens (primary N) is 1. The van der Waals surface area contributed by atoms with E-state index < -0.39 is 0 Å². The van der Waals surface area contributed by atoms with Crippen LogP contribution in [0.15, 0.2) is 11.7 Å². The van der Waals surface area contributed by atoms with E-state index in [9.17, 15) is 0 Å². The molecule has 15 heavy (non-hydrogen) atoms. The van der Waals surface area contributed by atoms with Gasteiger partial charge >= 0.3 is 0 Å². The van der Waals surface area contributed by atoms with Gasteiger partial charge in [-0.05, 0) is 37.0 Å². The maximum atomic E-state index is 5.66. The highest BCUT2D eigenvalue weighted by Crippen LogP contribution is 2.55. The van der Waals surface area contributed by atoms with Crippen LogP contribution in [0.1, 0.15) is 24.1 Å². The Labute approximate surface area is 94.1 Å². The summed E-state index contributed by atoms with van der Waals surface area (Å²) in [6.45, 7) is 0. The first kappa shape index (κ1) is 9.75. The molecule has 3 N–H and O–H groups in total. The molecule has 2 aliphatic rings. The summed E-state index contributed by atoms with van der Waals surface area (Å²) in [5, 5.41) is 0. The smallest absolute Gasteiger partial charge is 0.0794 e. The number of hydrogen-bond donors (Lipinski definition) is 2. The van der Waals surface area contributed by atoms with Crippen molar-refractivity contribution in [3.05, 3.63) is 16.6 Å². The van der Waals surface area contributed by atoms with E-state index in [-0.39, 0.29) is 0 Å². The lowest BCUT2D eigenvalue weighted by Crippen LogP contribution is -2.41. The van der Waals surface area contributed by atoms with Gasteiger partial charge < -0.3 is 0 Å². The van der Waals surface area contributed by atoms with Crippen LogP contribution in [0.5, 0.6) is 0 Å². The van der Waals surface area contributed by atoms with Gasteiger partial charge in [-0.3, -0.25) is 16.3 Å². The lowest BCUT2D eigenvalue weighted by molar-refractivity contribution is 0.337. The van der Waals surface area contributed by atoms with Gasteiger partial charge in [-0.1, -0.05) is 0 Å². The van der Waals surface area contributed by atoms with Crippen molar-refractivity contribution >= 4 is 11.3 Å². The SMILES string of the molecule is NNC(Cc1cncs1)C1CC2CC2C1. The molecule has 0 amide bonds. The van der Waals surface area contributed by atoms with Crippen LogP contribution in [-0.4, -0.2) is 11.0 Å². The molecule has 3 atom stereocenters. The molecule has 2 saturated carbocycles. The zero-order valence-electron chi connectivity index (χ0n) is 8.73. The number of thiazole rings is 1. The second kappa shape index (κ2) is 3.85. The van der Waals surface area contributed by atoms with Crippen molar-refractivity contribution in [1.29, 1.82) is 0 Å². The topological polar surface area (TPSA) is 50.9 Å². The van der Waals surface area contributed by atoms with E-state index in [0.29, 0.717) is 6.04 Å². The van der Waals surface area contributed by atoms with Crippen LogP contribution in [0.25, 0.3) is 0 Å². The highest BCUT2D eigenvalue weighted by atomic mass is 32.1. The number of nitrogens with zero attached hydrogens (tertiary/aromatic N) is 1. The number of hydrazine groups is 1. The molecule has 0 radical (unpaired) electrons. The lowest BCUT2D eigenvalue weighted by Gasteiger charge is -2.23. The number of fused-ring (bicyclic) bond motifs is 1. The quantitative estimate of drug-likeness (QED) is 0.601. The Bertz CT molecular complexity index is 315. The van der Waals surface area contributed by atoms with Crippen LogP contribution in [-0.2, 0) is 6.42 Å². The van der Waals surface area contributed by atoms with Gasteiger partial charge in [-0.25, -0.2) is 0 Å². The third-order valence-corrected chi connectivity index (χ3v) is 4.77. The van der Waals surface area contributed by atoms with Crippen molar-refractivity contribution in [1.82, 2.24) is 10.4 Å². The summed E-state index contributed by atoms with van der Waals surface area (Å²) in [5.74, 6) is 8.53. The minimum Gasteiger partial charge on any atom is -0.271 e. The Morgan fingerprint density at radius 2 is 2.27 bits per heavy atom. The van der Waals surface area contributed by atoms with Crippen LogP contribution in [0.3, 0.4) is 0 Å². The minimum absolute atomic E-state index is 0.457. The zero-order chi connectivity index (χ0) is 10.3. The van der Waals surface area contributed by atoms with Gasteiger partial charge in [0.05, 0.1) is 5.51 Å². The molecule has 2 aliphatic carbocycles. The van der Waals surface area contributed by atoms with E-state index in [0.717, 1.165) is 24.2 Å². The van der Waals surface area contributed by atoms with Crippen LogP contribution < -0.4 is 11.3 Å². The molecule has 3 unspecified atom stereocenters. The van der Waals surface area contributed by atoms with Crippen LogP contribution in [0, 0.1) is 17.8 Å². The molecule has 0 bridgehead atoms. The maximum absolute atomic E-state index is 5.66. The molecule has 4 heteroatoms. The molecule has 1 heterocycles. The van der Waals surface area contributed by atoms with Gasteiger partial charge in [0, 0.05) is 23.5 Å². The van der Waals surface area contributed by atoms with E-state index in [1.54, 1.807) is 11.3 Å². The first-order valence-corrected chi connectivity index (χ1v) is 6.58. The van der Waals surface area contributed by atoms with Gasteiger partial charge in [0.2, 0.25) is 0 Å². The molecule has 82 valence electrons. The van der Waals surface area contributed by atoms with E-state index >= 15 is 0 Å². The summed E-state index contributed by atoms with van der Waals surface area (Å²) >= 11 is 1.73. The largest absolute Gasteiger partial charge is 0.271 e. The van der Waals surface area contributed by atoms with Crippen molar-refractivity contribution in [2.24, 2.45) is 23.6 Å². The molecule has 0 aromatic carbocycles. The fourth-order valence-corrected chi connectivity index (χ4v) is 3.67. The Morgan fingerprint density at radius 1 is 1.47 bits per heavy atom. The van der Waals surface area contributed by atoms with E-state index in [4.69, 9.17) is 5.84 Å². The minimum atomic E-state index is 0.457. The maximum Gasteiger partial charge on any atom is 0.0794 e. The van der Waals surface area contributed by atoms with Gasteiger partial charge in [0.25, 0.3) is 0 Å². The number of hydrogen-bond acceptors (Lipinski definition) is 4. The Kier molecular flexibility index (Phi) is 2.50. The number of nitrogens with one attached hydrogen (secondary N) is 1. The third kappa shape index (κ3) is 1.94. The third-order valence-electron chi connectivity index (χ3n) is 3.97. The second-order valence-corrected chi connectivity index (χ2v) is 5.90. The normalized spacial score (nSPS) is 35.1. The van der Waals surface area contributed by atoms with Crippen molar-refractivity contribution in [2.45, 2.75) is 31.7 Å². The van der Waals surface area contributed by atoms with Gasteiger partial charge in [0.1, 0.15) is 0 Å². The number of aromatic nitrogens is 1. The molecule has 1 aromatic rings. The highest BCUT2D eigenvalue weighted by molar-refractivity contribution is 7.09. The summed E-state index contributed by atoms with van der Waals surface area (Å²) in [7, 11) is 0. The van der Waals surface area contributed by atoms with Gasteiger partial charge in [0.15, 0.2) is 0 Å². The molecule has 0 aliphatic heterocycles. The molecule has 3 nitrogen and oxygen atoms in total. The summed E-state index contributed by atoms with van der Waals surface area (Å²) in [6, 6.07) is 0.457. The first-order chi connectivity index (χ1) is 7.36. The average Bonchev–Trinajstić information content (AvgIpc) is 2.73. The molecule has 1 aromatic heterocycles. The van der Waals surface area contributed by atoms with Crippen molar-refractivity contribution in [3.8, 4) is 0 Å². The zero-order valence-corrected chi connectivity index (χ0v) is 9.54. The van der Waals surface area contributed by atoms with Gasteiger partial charge in [-0.15, -0.1) is 11.3 Å². The van der Waals surface area contributed by atoms with Crippen LogP contribution in [0.2, 0.25) is 0 Å². The van der Waals surface area contributed by atoms with Crippen LogP contribution in [0.4, 0.5) is 0 Å². The Morgan fingerprint density at radius 3 is 2.87 bits per heavy atom. The molecule has 0 saturated heterocycles. The fraction of sp³-hybridized carbons (Fsp3) is 0.727. The molecular weight excluding hydrogens is 206 g/mol. The highest BCUT2D eigenvalue weighted by Gasteiger charge is 2.47. The molecule has 3 rings (SSSR count). The van der Waals surface area contributed by atoms with E-state index in [1.807, 2.05) is 11.7 Å². The fourth-order valence-electron chi connectivity index (χ4n) is 3.01. The Balaban J connectivity index is 1.61. The predicted molar refractivity (Wildman–Crippen MR) is 61.3 cm³/mol. The monoisotopic (exact) mass is 223 g/mol. The van der Waals surface area contributed by atoms with Crippen LogP contribution >= 0.6 is 11.3 Å². The predicted octanol–water partition coefficient (Wildman–Crippen LogP) is 1.56. The van der Waals surface area contributed by atoms with E-state index in [2.05, 4.69) is 10.4 Å². The first-order valence-electron chi connectivity index (χ1n) is 5.70. The molecule has 0 spiro atoms. The lowest BCUT2D eigenvalue weighted by atomic mass is 9.92. The standard InChI is InChI=1S/C11H17N3S/c12-14-11(4-10-5-13-6-15-10)9-2-7-1-8(7)3-9/h5-9,11,14H,1-4,12H2. The average molecular weight is 223 g/mol. The summed E-state index contributed by atoms with van der Waals surface area (Å²) in [4.78, 5) is 5.46. The summed E-state index contributed by atoms with van der Waals surface area (Å²) in [6.07, 6.45) is 7.26. The second-order valence-electron chi connectivity index (χ2n) is 4.93. The molecule has 2 fully saturated rings. The summed E-state index contributed by atoms with van der Waals surface area (Å²) < 4.78 is 0. The Hall–Kier alpha value is -0.450. The van der Waals surface area contributed by atoms with Crippen molar-refractivity contribution < 1.29 is 0 Å². The van der Waals surface area contributed by atoms with Gasteiger partial charge in [-0.2, -0.15) is 0 Å². The van der Waals surface area contributed by atoms with Crippen molar-refractivity contribution in [2.75, 3.05) is 0 Å². The number of rotatable bonds is 4. The van der Waals surface area contributed by atoms with Crippen molar-refractivity contribution in [3.63, 3.8) is 0 Å². The molecular formula is C11H17N3S. The summed E-state index contributed by atoms with van der Waals surface area (Å²) in [5.41, 5.74) is 4.90.